The van der Waals surface area contributed by atoms with Gasteiger partial charge < -0.3 is 10.4 Å². The summed E-state index contributed by atoms with van der Waals surface area (Å²) in [6.07, 6.45) is 0. The van der Waals surface area contributed by atoms with Gasteiger partial charge in [-0.25, -0.2) is 0 Å². The highest BCUT2D eigenvalue weighted by molar-refractivity contribution is 6.30. The minimum absolute atomic E-state index is 0.140. The van der Waals surface area contributed by atoms with Crippen molar-refractivity contribution in [1.29, 1.82) is 0 Å². The van der Waals surface area contributed by atoms with Crippen LogP contribution in [0.2, 0.25) is 5.02 Å². The van der Waals surface area contributed by atoms with Crippen LogP contribution >= 0.6 is 11.6 Å². The Hall–Kier alpha value is -2.00. The molecule has 0 bridgehead atoms. The van der Waals surface area contributed by atoms with Gasteiger partial charge in [0.15, 0.2) is 0 Å². The molecule has 2 rings (SSSR count). The fourth-order valence-corrected chi connectivity index (χ4v) is 1.76. The number of phenolic OH excluding ortho intramolecular Hbond substituents is 1. The Labute approximate surface area is 110 Å². The first-order valence-corrected chi connectivity index (χ1v) is 5.84. The second-order valence-electron chi connectivity index (χ2n) is 3.86. The van der Waals surface area contributed by atoms with Gasteiger partial charge in [0, 0.05) is 17.1 Å². The van der Waals surface area contributed by atoms with Crippen molar-refractivity contribution in [2.45, 2.75) is 6.54 Å². The summed E-state index contributed by atoms with van der Waals surface area (Å²) in [5.74, 6) is -0.0450. The first-order valence-electron chi connectivity index (χ1n) is 5.47. The van der Waals surface area contributed by atoms with Gasteiger partial charge in [-0.3, -0.25) is 4.79 Å². The fraction of sp³-hybridized carbons (Fsp3) is 0.0714. The van der Waals surface area contributed by atoms with Crippen LogP contribution in [0, 0.1) is 0 Å². The van der Waals surface area contributed by atoms with Gasteiger partial charge in [0.1, 0.15) is 5.75 Å². The van der Waals surface area contributed by atoms with E-state index in [1.54, 1.807) is 24.3 Å². The molecule has 2 aromatic carbocycles. The zero-order valence-corrected chi connectivity index (χ0v) is 10.3. The molecular formula is C14H12ClNO2. The molecule has 0 radical (unpaired) electrons. The van der Waals surface area contributed by atoms with E-state index in [0.29, 0.717) is 17.1 Å². The molecule has 0 aliphatic rings. The predicted molar refractivity (Wildman–Crippen MR) is 70.7 cm³/mol. The number of carbonyl (C=O) groups excluding carboxylic acids is 1. The van der Waals surface area contributed by atoms with Gasteiger partial charge in [-0.1, -0.05) is 23.7 Å². The van der Waals surface area contributed by atoms with E-state index in [2.05, 4.69) is 5.32 Å². The van der Waals surface area contributed by atoms with Gasteiger partial charge in [0.2, 0.25) is 0 Å². The van der Waals surface area contributed by atoms with Crippen LogP contribution in [0.4, 0.5) is 0 Å². The molecule has 3 nitrogen and oxygen atoms in total. The molecule has 0 heterocycles. The lowest BCUT2D eigenvalue weighted by molar-refractivity contribution is 0.0951. The summed E-state index contributed by atoms with van der Waals surface area (Å²) >= 11 is 5.85. The smallest absolute Gasteiger partial charge is 0.251 e. The quantitative estimate of drug-likeness (QED) is 0.892. The summed E-state index contributed by atoms with van der Waals surface area (Å²) in [4.78, 5) is 11.8. The lowest BCUT2D eigenvalue weighted by Crippen LogP contribution is -2.22. The van der Waals surface area contributed by atoms with Crippen molar-refractivity contribution >= 4 is 17.5 Å². The van der Waals surface area contributed by atoms with Gasteiger partial charge >= 0.3 is 0 Å². The van der Waals surface area contributed by atoms with E-state index in [9.17, 15) is 4.79 Å². The van der Waals surface area contributed by atoms with E-state index in [0.717, 1.165) is 5.56 Å². The summed E-state index contributed by atoms with van der Waals surface area (Å²) in [7, 11) is 0. The van der Waals surface area contributed by atoms with Crippen molar-refractivity contribution in [3.8, 4) is 5.75 Å². The van der Waals surface area contributed by atoms with E-state index in [1.165, 1.54) is 12.1 Å². The molecule has 2 aromatic rings. The summed E-state index contributed by atoms with van der Waals surface area (Å²) in [5.41, 5.74) is 1.45. The number of benzene rings is 2. The number of hydrogen-bond donors (Lipinski definition) is 2. The number of nitrogens with one attached hydrogen (secondary N) is 1. The molecule has 18 heavy (non-hydrogen) atoms. The predicted octanol–water partition coefficient (Wildman–Crippen LogP) is 2.98. The summed E-state index contributed by atoms with van der Waals surface area (Å²) in [6, 6.07) is 13.4. The van der Waals surface area contributed by atoms with Gasteiger partial charge in [-0.2, -0.15) is 0 Å². The van der Waals surface area contributed by atoms with Crippen molar-refractivity contribution < 1.29 is 9.90 Å². The minimum atomic E-state index is -0.185. The van der Waals surface area contributed by atoms with Crippen LogP contribution in [-0.2, 0) is 6.54 Å². The minimum Gasteiger partial charge on any atom is -0.508 e. The molecular weight excluding hydrogens is 250 g/mol. The van der Waals surface area contributed by atoms with E-state index in [1.807, 2.05) is 12.1 Å². The van der Waals surface area contributed by atoms with Gasteiger partial charge in [0.25, 0.3) is 5.91 Å². The lowest BCUT2D eigenvalue weighted by Gasteiger charge is -2.05. The highest BCUT2D eigenvalue weighted by atomic mass is 35.5. The Morgan fingerprint density at radius 1 is 1.17 bits per heavy atom. The second kappa shape index (κ2) is 5.56. The van der Waals surface area contributed by atoms with E-state index < -0.39 is 0 Å². The summed E-state index contributed by atoms with van der Waals surface area (Å²) in [5, 5.41) is 12.6. The van der Waals surface area contributed by atoms with Crippen LogP contribution in [0.25, 0.3) is 0 Å². The van der Waals surface area contributed by atoms with Crippen molar-refractivity contribution in [1.82, 2.24) is 5.32 Å². The van der Waals surface area contributed by atoms with Crippen LogP contribution < -0.4 is 5.32 Å². The van der Waals surface area contributed by atoms with Crippen molar-refractivity contribution in [3.05, 3.63) is 64.7 Å². The lowest BCUT2D eigenvalue weighted by atomic mass is 10.2. The highest BCUT2D eigenvalue weighted by Crippen LogP contribution is 2.12. The molecule has 2 N–H and O–H groups in total. The third-order valence-electron chi connectivity index (χ3n) is 2.47. The van der Waals surface area contributed by atoms with Crippen LogP contribution in [-0.4, -0.2) is 11.0 Å². The summed E-state index contributed by atoms with van der Waals surface area (Å²) < 4.78 is 0. The number of rotatable bonds is 3. The molecule has 0 atom stereocenters. The number of aromatic hydroxyl groups is 1. The van der Waals surface area contributed by atoms with E-state index in [4.69, 9.17) is 16.7 Å². The Kier molecular flexibility index (Phi) is 3.85. The van der Waals surface area contributed by atoms with Crippen LogP contribution in [0.5, 0.6) is 5.75 Å². The average Bonchev–Trinajstić information content (AvgIpc) is 2.37. The van der Waals surface area contributed by atoms with Crippen LogP contribution in [0.3, 0.4) is 0 Å². The van der Waals surface area contributed by atoms with E-state index >= 15 is 0 Å². The third kappa shape index (κ3) is 3.25. The fourth-order valence-electron chi connectivity index (χ4n) is 1.54. The zero-order chi connectivity index (χ0) is 13.0. The molecule has 0 saturated heterocycles. The maximum Gasteiger partial charge on any atom is 0.251 e. The molecule has 4 heteroatoms. The number of amides is 1. The van der Waals surface area contributed by atoms with Crippen molar-refractivity contribution in [2.24, 2.45) is 0 Å². The monoisotopic (exact) mass is 261 g/mol. The maximum atomic E-state index is 11.8. The van der Waals surface area contributed by atoms with Gasteiger partial charge in [0.05, 0.1) is 0 Å². The molecule has 0 unspecified atom stereocenters. The third-order valence-corrected chi connectivity index (χ3v) is 2.71. The molecule has 0 spiro atoms. The Morgan fingerprint density at radius 3 is 2.56 bits per heavy atom. The number of hydrogen-bond acceptors (Lipinski definition) is 2. The first-order chi connectivity index (χ1) is 8.65. The number of carbonyl (C=O) groups is 1. The average molecular weight is 262 g/mol. The Morgan fingerprint density at radius 2 is 1.89 bits per heavy atom. The molecule has 0 aliphatic carbocycles. The standard InChI is InChI=1S/C14H12ClNO2/c15-12-3-1-2-10(8-12)9-16-14(18)11-4-6-13(17)7-5-11/h1-8,17H,9H2,(H,16,18). The van der Waals surface area contributed by atoms with Crippen molar-refractivity contribution in [2.75, 3.05) is 0 Å². The molecule has 0 aliphatic heterocycles. The Bertz CT molecular complexity index is 552. The Balaban J connectivity index is 1.98. The van der Waals surface area contributed by atoms with Crippen molar-refractivity contribution in [3.63, 3.8) is 0 Å². The highest BCUT2D eigenvalue weighted by Gasteiger charge is 2.04. The largest absolute Gasteiger partial charge is 0.508 e. The molecule has 92 valence electrons. The normalized spacial score (nSPS) is 10.1. The molecule has 0 aromatic heterocycles. The maximum absolute atomic E-state index is 11.8. The topological polar surface area (TPSA) is 49.3 Å². The second-order valence-corrected chi connectivity index (χ2v) is 4.30. The first kappa shape index (κ1) is 12.5. The molecule has 0 saturated carbocycles. The molecule has 0 fully saturated rings. The van der Waals surface area contributed by atoms with Gasteiger partial charge in [-0.05, 0) is 42.0 Å². The summed E-state index contributed by atoms with van der Waals surface area (Å²) in [6.45, 7) is 0.417. The van der Waals surface area contributed by atoms with Crippen LogP contribution in [0.1, 0.15) is 15.9 Å². The van der Waals surface area contributed by atoms with Gasteiger partial charge in [-0.15, -0.1) is 0 Å². The number of phenols is 1. The van der Waals surface area contributed by atoms with E-state index in [-0.39, 0.29) is 11.7 Å². The number of halogens is 1. The molecule has 1 amide bonds. The zero-order valence-electron chi connectivity index (χ0n) is 9.56. The van der Waals surface area contributed by atoms with Crippen LogP contribution in [0.15, 0.2) is 48.5 Å². The SMILES string of the molecule is O=C(NCc1cccc(Cl)c1)c1ccc(O)cc1.